The molecule has 28 heavy (non-hydrogen) atoms. The van der Waals surface area contributed by atoms with Crippen LogP contribution in [0.1, 0.15) is 24.0 Å². The molecule has 3 rings (SSSR count). The summed E-state index contributed by atoms with van der Waals surface area (Å²) in [7, 11) is -2.27. The lowest BCUT2D eigenvalue weighted by molar-refractivity contribution is -0.121. The van der Waals surface area contributed by atoms with E-state index in [1.54, 1.807) is 24.3 Å². The van der Waals surface area contributed by atoms with E-state index in [1.807, 2.05) is 19.1 Å². The molecule has 0 bridgehead atoms. The van der Waals surface area contributed by atoms with Crippen LogP contribution >= 0.6 is 0 Å². The van der Waals surface area contributed by atoms with Gasteiger partial charge in [0.05, 0.1) is 11.4 Å². The number of nitrogens with one attached hydrogen (secondary N) is 1. The third kappa shape index (κ3) is 4.91. The highest BCUT2D eigenvalue weighted by molar-refractivity contribution is 7.89. The molecule has 1 heterocycles. The second-order valence-corrected chi connectivity index (χ2v) is 9.26. The Kier molecular flexibility index (Phi) is 6.36. The Morgan fingerprint density at radius 2 is 1.64 bits per heavy atom. The van der Waals surface area contributed by atoms with Crippen LogP contribution in [-0.2, 0) is 21.4 Å². The van der Waals surface area contributed by atoms with Gasteiger partial charge >= 0.3 is 0 Å². The highest BCUT2D eigenvalue weighted by Gasteiger charge is 2.22. The van der Waals surface area contributed by atoms with Gasteiger partial charge in [-0.3, -0.25) is 4.79 Å². The number of carbonyl (C=O) groups excluding carboxylic acids is 1. The van der Waals surface area contributed by atoms with Crippen LogP contribution < -0.4 is 10.2 Å². The first kappa shape index (κ1) is 20.4. The zero-order valence-electron chi connectivity index (χ0n) is 16.4. The van der Waals surface area contributed by atoms with Gasteiger partial charge in [0.1, 0.15) is 0 Å². The number of likely N-dealkylation sites (N-methyl/N-ethyl adjacent to an activating group) is 1. The number of sulfonamides is 1. The standard InChI is InChI=1S/C21H27N3O3S/c1-17-5-11-20(12-6-17)28(26,27)23(2)16-21(25)22-15-18-7-9-19(10-8-18)24-13-3-4-14-24/h5-12H,3-4,13-16H2,1-2H3,(H,22,25). The van der Waals surface area contributed by atoms with Crippen molar-refractivity contribution in [3.8, 4) is 0 Å². The number of amides is 1. The highest BCUT2D eigenvalue weighted by atomic mass is 32.2. The van der Waals surface area contributed by atoms with Gasteiger partial charge < -0.3 is 10.2 Å². The van der Waals surface area contributed by atoms with Crippen molar-refractivity contribution in [1.29, 1.82) is 0 Å². The second-order valence-electron chi connectivity index (χ2n) is 7.21. The molecule has 2 aromatic carbocycles. The van der Waals surface area contributed by atoms with Gasteiger partial charge in [0.15, 0.2) is 0 Å². The summed E-state index contributed by atoms with van der Waals surface area (Å²) in [6.45, 7) is 4.24. The van der Waals surface area contributed by atoms with Gasteiger partial charge in [0.25, 0.3) is 0 Å². The Morgan fingerprint density at radius 3 is 2.25 bits per heavy atom. The highest BCUT2D eigenvalue weighted by Crippen LogP contribution is 2.20. The van der Waals surface area contributed by atoms with E-state index in [0.717, 1.165) is 28.5 Å². The Bertz CT molecular complexity index is 903. The Hall–Kier alpha value is -2.38. The molecule has 6 nitrogen and oxygen atoms in total. The van der Waals surface area contributed by atoms with Crippen LogP contribution in [0.2, 0.25) is 0 Å². The van der Waals surface area contributed by atoms with Crippen LogP contribution in [0.15, 0.2) is 53.4 Å². The summed E-state index contributed by atoms with van der Waals surface area (Å²) in [5.74, 6) is -0.332. The molecule has 1 saturated heterocycles. The number of rotatable bonds is 7. The first-order chi connectivity index (χ1) is 13.4. The topological polar surface area (TPSA) is 69.7 Å². The van der Waals surface area contributed by atoms with Gasteiger partial charge in [-0.1, -0.05) is 29.8 Å². The molecule has 1 fully saturated rings. The van der Waals surface area contributed by atoms with E-state index >= 15 is 0 Å². The SMILES string of the molecule is Cc1ccc(S(=O)(=O)N(C)CC(=O)NCc2ccc(N3CCCC3)cc2)cc1. The smallest absolute Gasteiger partial charge is 0.243 e. The largest absolute Gasteiger partial charge is 0.372 e. The van der Waals surface area contributed by atoms with Gasteiger partial charge in [-0.05, 0) is 49.6 Å². The molecule has 0 saturated carbocycles. The van der Waals surface area contributed by atoms with Crippen molar-refractivity contribution in [3.63, 3.8) is 0 Å². The van der Waals surface area contributed by atoms with Crippen LogP contribution in [0.25, 0.3) is 0 Å². The average Bonchev–Trinajstić information content (AvgIpc) is 3.22. The maximum atomic E-state index is 12.6. The predicted octanol–water partition coefficient (Wildman–Crippen LogP) is 2.53. The fourth-order valence-corrected chi connectivity index (χ4v) is 4.36. The van der Waals surface area contributed by atoms with E-state index in [2.05, 4.69) is 22.3 Å². The summed E-state index contributed by atoms with van der Waals surface area (Å²) < 4.78 is 26.2. The summed E-state index contributed by atoms with van der Waals surface area (Å²) in [6.07, 6.45) is 2.47. The van der Waals surface area contributed by atoms with Crippen molar-refractivity contribution in [2.75, 3.05) is 31.6 Å². The molecule has 1 aliphatic heterocycles. The molecule has 150 valence electrons. The van der Waals surface area contributed by atoms with E-state index in [1.165, 1.54) is 25.6 Å². The zero-order chi connectivity index (χ0) is 20.1. The molecule has 0 radical (unpaired) electrons. The molecule has 1 aliphatic rings. The quantitative estimate of drug-likeness (QED) is 0.774. The molecule has 1 N–H and O–H groups in total. The van der Waals surface area contributed by atoms with Gasteiger partial charge in [-0.25, -0.2) is 8.42 Å². The summed E-state index contributed by atoms with van der Waals surface area (Å²) in [6, 6.07) is 14.7. The number of nitrogens with zero attached hydrogens (tertiary/aromatic N) is 2. The molecule has 2 aromatic rings. The monoisotopic (exact) mass is 401 g/mol. The molecule has 7 heteroatoms. The van der Waals surface area contributed by atoms with Gasteiger partial charge in [0, 0.05) is 32.4 Å². The predicted molar refractivity (Wildman–Crippen MR) is 111 cm³/mol. The lowest BCUT2D eigenvalue weighted by atomic mass is 10.2. The number of benzene rings is 2. The van der Waals surface area contributed by atoms with Crippen LogP contribution in [0.4, 0.5) is 5.69 Å². The van der Waals surface area contributed by atoms with E-state index < -0.39 is 10.0 Å². The van der Waals surface area contributed by atoms with Crippen LogP contribution in [0.3, 0.4) is 0 Å². The van der Waals surface area contributed by atoms with E-state index in [9.17, 15) is 13.2 Å². The van der Waals surface area contributed by atoms with Crippen molar-refractivity contribution < 1.29 is 13.2 Å². The number of hydrogen-bond acceptors (Lipinski definition) is 4. The van der Waals surface area contributed by atoms with E-state index in [-0.39, 0.29) is 17.3 Å². The summed E-state index contributed by atoms with van der Waals surface area (Å²) in [5.41, 5.74) is 3.17. The molecule has 0 unspecified atom stereocenters. The first-order valence-electron chi connectivity index (χ1n) is 9.50. The lowest BCUT2D eigenvalue weighted by Gasteiger charge is -2.18. The molecule has 0 aliphatic carbocycles. The average molecular weight is 402 g/mol. The van der Waals surface area contributed by atoms with E-state index in [0.29, 0.717) is 6.54 Å². The maximum Gasteiger partial charge on any atom is 0.243 e. The Labute approximate surface area is 167 Å². The molecular formula is C21H27N3O3S. The van der Waals surface area contributed by atoms with Gasteiger partial charge in [-0.2, -0.15) is 4.31 Å². The van der Waals surface area contributed by atoms with E-state index in [4.69, 9.17) is 0 Å². The van der Waals surface area contributed by atoms with Crippen molar-refractivity contribution >= 4 is 21.6 Å². The minimum atomic E-state index is -3.68. The summed E-state index contributed by atoms with van der Waals surface area (Å²) >= 11 is 0. The number of carbonyl (C=O) groups is 1. The number of aryl methyl sites for hydroxylation is 1. The Balaban J connectivity index is 1.52. The van der Waals surface area contributed by atoms with Crippen LogP contribution in [-0.4, -0.2) is 45.3 Å². The van der Waals surface area contributed by atoms with Crippen molar-refractivity contribution in [3.05, 3.63) is 59.7 Å². The van der Waals surface area contributed by atoms with Crippen molar-refractivity contribution in [2.24, 2.45) is 0 Å². The first-order valence-corrected chi connectivity index (χ1v) is 10.9. The molecule has 1 amide bonds. The maximum absolute atomic E-state index is 12.6. The van der Waals surface area contributed by atoms with Gasteiger partial charge in [-0.15, -0.1) is 0 Å². The third-order valence-corrected chi connectivity index (χ3v) is 6.81. The summed E-state index contributed by atoms with van der Waals surface area (Å²) in [5, 5.41) is 2.79. The molecule has 0 spiro atoms. The molecular weight excluding hydrogens is 374 g/mol. The van der Waals surface area contributed by atoms with Gasteiger partial charge in [0.2, 0.25) is 15.9 Å². The summed E-state index contributed by atoms with van der Waals surface area (Å²) in [4.78, 5) is 14.7. The molecule has 0 aromatic heterocycles. The minimum absolute atomic E-state index is 0.186. The fraction of sp³-hybridized carbons (Fsp3) is 0.381. The van der Waals surface area contributed by atoms with Crippen molar-refractivity contribution in [2.45, 2.75) is 31.2 Å². The third-order valence-electron chi connectivity index (χ3n) is 4.99. The Morgan fingerprint density at radius 1 is 1.04 bits per heavy atom. The second kappa shape index (κ2) is 8.75. The van der Waals surface area contributed by atoms with Crippen LogP contribution in [0, 0.1) is 6.92 Å². The minimum Gasteiger partial charge on any atom is -0.372 e. The molecule has 0 atom stereocenters. The number of hydrogen-bond donors (Lipinski definition) is 1. The number of anilines is 1. The lowest BCUT2D eigenvalue weighted by Crippen LogP contribution is -2.38. The normalized spacial score (nSPS) is 14.5. The fourth-order valence-electron chi connectivity index (χ4n) is 3.23. The van der Waals surface area contributed by atoms with Crippen LogP contribution in [0.5, 0.6) is 0 Å². The van der Waals surface area contributed by atoms with Crippen molar-refractivity contribution in [1.82, 2.24) is 9.62 Å². The zero-order valence-corrected chi connectivity index (χ0v) is 17.2.